The van der Waals surface area contributed by atoms with E-state index < -0.39 is 5.97 Å². The molecule has 0 aromatic heterocycles. The Balaban J connectivity index is 0.00000220. The number of hydrogen-bond donors (Lipinski definition) is 2. The third-order valence-electron chi connectivity index (χ3n) is 3.85. The molecule has 1 aliphatic heterocycles. The van der Waals surface area contributed by atoms with Crippen molar-refractivity contribution in [2.24, 2.45) is 11.8 Å². The Morgan fingerprint density at radius 3 is 2.57 bits per heavy atom. The average Bonchev–Trinajstić information content (AvgIpc) is 2.36. The maximum absolute atomic E-state index is 12.2. The van der Waals surface area contributed by atoms with E-state index in [0.717, 1.165) is 18.7 Å². The molecule has 1 aromatic rings. The molecule has 1 aliphatic rings. The summed E-state index contributed by atoms with van der Waals surface area (Å²) in [6.45, 7) is 5.47. The first-order valence-corrected chi connectivity index (χ1v) is 6.74. The number of nitrogens with one attached hydrogen (secondary N) is 2. The summed E-state index contributed by atoms with van der Waals surface area (Å²) in [5.41, 5.74) is 1.72. The molecule has 1 saturated heterocycles. The van der Waals surface area contributed by atoms with E-state index in [9.17, 15) is 9.59 Å². The molecule has 21 heavy (non-hydrogen) atoms. The van der Waals surface area contributed by atoms with E-state index in [0.29, 0.717) is 17.2 Å². The monoisotopic (exact) mass is 312 g/mol. The highest BCUT2D eigenvalue weighted by atomic mass is 35.5. The van der Waals surface area contributed by atoms with E-state index >= 15 is 0 Å². The molecule has 1 unspecified atom stereocenters. The molecule has 2 N–H and O–H groups in total. The summed E-state index contributed by atoms with van der Waals surface area (Å²) in [7, 11) is 1.34. The number of benzene rings is 1. The number of esters is 1. The lowest BCUT2D eigenvalue weighted by atomic mass is 9.88. The summed E-state index contributed by atoms with van der Waals surface area (Å²) in [6, 6.07) is 5.36. The Morgan fingerprint density at radius 1 is 1.38 bits per heavy atom. The number of halogens is 1. The maximum Gasteiger partial charge on any atom is 0.340 e. The Morgan fingerprint density at radius 2 is 2.05 bits per heavy atom. The van der Waals surface area contributed by atoms with Crippen LogP contribution in [-0.4, -0.2) is 32.1 Å². The molecule has 0 spiro atoms. The van der Waals surface area contributed by atoms with Crippen LogP contribution in [-0.2, 0) is 9.53 Å². The minimum atomic E-state index is -0.434. The van der Waals surface area contributed by atoms with Gasteiger partial charge in [-0.2, -0.15) is 0 Å². The normalized spacial score (nSPS) is 15.4. The van der Waals surface area contributed by atoms with Gasteiger partial charge in [-0.3, -0.25) is 4.79 Å². The van der Waals surface area contributed by atoms with Crippen molar-refractivity contribution in [1.29, 1.82) is 0 Å². The van der Waals surface area contributed by atoms with Crippen molar-refractivity contribution in [3.8, 4) is 0 Å². The number of amides is 1. The SMILES string of the molecule is COC(=O)c1c(C)cccc1NC(=O)C(C)C1CNC1.Cl. The summed E-state index contributed by atoms with van der Waals surface area (Å²) in [4.78, 5) is 24.1. The smallest absolute Gasteiger partial charge is 0.340 e. The molecule has 1 fully saturated rings. The third-order valence-corrected chi connectivity index (χ3v) is 3.85. The van der Waals surface area contributed by atoms with Gasteiger partial charge in [0.25, 0.3) is 0 Å². The lowest BCUT2D eigenvalue weighted by Gasteiger charge is -2.31. The van der Waals surface area contributed by atoms with E-state index in [-0.39, 0.29) is 24.2 Å². The molecule has 6 heteroatoms. The predicted molar refractivity (Wildman–Crippen MR) is 83.9 cm³/mol. The Kier molecular flexibility index (Phi) is 6.18. The zero-order chi connectivity index (χ0) is 14.7. The van der Waals surface area contributed by atoms with Crippen LogP contribution in [0.2, 0.25) is 0 Å². The first kappa shape index (κ1) is 17.5. The highest BCUT2D eigenvalue weighted by molar-refractivity contribution is 6.02. The first-order valence-electron chi connectivity index (χ1n) is 6.74. The van der Waals surface area contributed by atoms with Crippen LogP contribution in [0, 0.1) is 18.8 Å². The average molecular weight is 313 g/mol. The van der Waals surface area contributed by atoms with Gasteiger partial charge in [0.05, 0.1) is 18.4 Å². The summed E-state index contributed by atoms with van der Waals surface area (Å²) in [5.74, 6) is -0.215. The van der Waals surface area contributed by atoms with Gasteiger partial charge in [0, 0.05) is 5.92 Å². The molecule has 5 nitrogen and oxygen atoms in total. The number of rotatable bonds is 4. The third kappa shape index (κ3) is 3.74. The molecular weight excluding hydrogens is 292 g/mol. The van der Waals surface area contributed by atoms with Crippen molar-refractivity contribution < 1.29 is 14.3 Å². The van der Waals surface area contributed by atoms with Gasteiger partial charge in [-0.15, -0.1) is 12.4 Å². The minimum absolute atomic E-state index is 0. The van der Waals surface area contributed by atoms with Crippen LogP contribution in [0.1, 0.15) is 22.8 Å². The molecular formula is C15H21ClN2O3. The molecule has 1 heterocycles. The van der Waals surface area contributed by atoms with Crippen molar-refractivity contribution >= 4 is 30.0 Å². The van der Waals surface area contributed by atoms with E-state index in [1.807, 2.05) is 26.0 Å². The number of carbonyl (C=O) groups is 2. The van der Waals surface area contributed by atoms with Gasteiger partial charge in [0.15, 0.2) is 0 Å². The van der Waals surface area contributed by atoms with Crippen LogP contribution >= 0.6 is 12.4 Å². The Hall–Kier alpha value is -1.59. The fraction of sp³-hybridized carbons (Fsp3) is 0.467. The van der Waals surface area contributed by atoms with Crippen molar-refractivity contribution in [1.82, 2.24) is 5.32 Å². The van der Waals surface area contributed by atoms with Gasteiger partial charge in [-0.05, 0) is 37.6 Å². The summed E-state index contributed by atoms with van der Waals surface area (Å²) in [6.07, 6.45) is 0. The second kappa shape index (κ2) is 7.43. The molecule has 2 rings (SSSR count). The Labute approximate surface area is 130 Å². The van der Waals surface area contributed by atoms with Crippen LogP contribution in [0.15, 0.2) is 18.2 Å². The molecule has 116 valence electrons. The molecule has 0 saturated carbocycles. The van der Waals surface area contributed by atoms with Gasteiger partial charge in [0.1, 0.15) is 0 Å². The maximum atomic E-state index is 12.2. The Bertz CT molecular complexity index is 530. The van der Waals surface area contributed by atoms with Crippen molar-refractivity contribution in [2.75, 3.05) is 25.5 Å². The van der Waals surface area contributed by atoms with Gasteiger partial charge in [0.2, 0.25) is 5.91 Å². The number of ether oxygens (including phenoxy) is 1. The molecule has 0 bridgehead atoms. The van der Waals surface area contributed by atoms with Crippen molar-refractivity contribution in [3.05, 3.63) is 29.3 Å². The highest BCUT2D eigenvalue weighted by Crippen LogP contribution is 2.23. The largest absolute Gasteiger partial charge is 0.465 e. The lowest BCUT2D eigenvalue weighted by Crippen LogP contribution is -2.48. The van der Waals surface area contributed by atoms with Crippen LogP contribution in [0.4, 0.5) is 5.69 Å². The quantitative estimate of drug-likeness (QED) is 0.835. The second-order valence-corrected chi connectivity index (χ2v) is 5.19. The van der Waals surface area contributed by atoms with E-state index in [2.05, 4.69) is 10.6 Å². The molecule has 1 aromatic carbocycles. The van der Waals surface area contributed by atoms with Crippen molar-refractivity contribution in [2.45, 2.75) is 13.8 Å². The van der Waals surface area contributed by atoms with Crippen LogP contribution in [0.3, 0.4) is 0 Å². The molecule has 0 aliphatic carbocycles. The highest BCUT2D eigenvalue weighted by Gasteiger charge is 2.29. The number of hydrogen-bond acceptors (Lipinski definition) is 4. The van der Waals surface area contributed by atoms with Gasteiger partial charge >= 0.3 is 5.97 Å². The van der Waals surface area contributed by atoms with E-state index in [4.69, 9.17) is 4.74 Å². The van der Waals surface area contributed by atoms with E-state index in [1.54, 1.807) is 6.07 Å². The zero-order valence-electron chi connectivity index (χ0n) is 12.4. The van der Waals surface area contributed by atoms with Gasteiger partial charge in [-0.25, -0.2) is 4.79 Å². The fourth-order valence-electron chi connectivity index (χ4n) is 2.27. The number of aryl methyl sites for hydroxylation is 1. The lowest BCUT2D eigenvalue weighted by molar-refractivity contribution is -0.121. The summed E-state index contributed by atoms with van der Waals surface area (Å²) >= 11 is 0. The van der Waals surface area contributed by atoms with E-state index in [1.165, 1.54) is 7.11 Å². The van der Waals surface area contributed by atoms with Crippen LogP contribution in [0.5, 0.6) is 0 Å². The number of carbonyl (C=O) groups excluding carboxylic acids is 2. The number of methoxy groups -OCH3 is 1. The molecule has 1 atom stereocenters. The summed E-state index contributed by atoms with van der Waals surface area (Å²) < 4.78 is 4.78. The van der Waals surface area contributed by atoms with Crippen molar-refractivity contribution in [3.63, 3.8) is 0 Å². The first-order chi connectivity index (χ1) is 9.54. The van der Waals surface area contributed by atoms with Gasteiger partial charge in [-0.1, -0.05) is 19.1 Å². The standard InChI is InChI=1S/C15H20N2O3.ClH/c1-9-5-4-6-12(13(9)15(19)20-3)17-14(18)10(2)11-7-16-8-11;/h4-6,10-11,16H,7-8H2,1-3H3,(H,17,18);1H. The topological polar surface area (TPSA) is 67.4 Å². The predicted octanol–water partition coefficient (Wildman–Crippen LogP) is 2.00. The van der Waals surface area contributed by atoms with Crippen LogP contribution < -0.4 is 10.6 Å². The minimum Gasteiger partial charge on any atom is -0.465 e. The molecule has 0 radical (unpaired) electrons. The fourth-order valence-corrected chi connectivity index (χ4v) is 2.27. The number of anilines is 1. The summed E-state index contributed by atoms with van der Waals surface area (Å²) in [5, 5.41) is 6.00. The van der Waals surface area contributed by atoms with Crippen LogP contribution in [0.25, 0.3) is 0 Å². The zero-order valence-corrected chi connectivity index (χ0v) is 13.3. The van der Waals surface area contributed by atoms with Gasteiger partial charge < -0.3 is 15.4 Å². The second-order valence-electron chi connectivity index (χ2n) is 5.19. The molecule has 1 amide bonds.